The van der Waals surface area contributed by atoms with Crippen LogP contribution >= 0.6 is 0 Å². The second-order valence-corrected chi connectivity index (χ2v) is 5.46. The first-order valence-electron chi connectivity index (χ1n) is 6.29. The Morgan fingerprint density at radius 1 is 1.12 bits per heavy atom. The van der Waals surface area contributed by atoms with Crippen molar-refractivity contribution in [3.63, 3.8) is 0 Å². The summed E-state index contributed by atoms with van der Waals surface area (Å²) in [5, 5.41) is 9.79. The molecule has 0 atom stereocenters. The molecule has 0 aromatic heterocycles. The summed E-state index contributed by atoms with van der Waals surface area (Å²) in [7, 11) is 0. The molecule has 0 bridgehead atoms. The van der Waals surface area contributed by atoms with Crippen LogP contribution in [0.5, 0.6) is 0 Å². The van der Waals surface area contributed by atoms with Gasteiger partial charge < -0.3 is 5.11 Å². The molecule has 0 radical (unpaired) electrons. The third-order valence-electron chi connectivity index (χ3n) is 3.74. The Morgan fingerprint density at radius 2 is 1.69 bits per heavy atom. The van der Waals surface area contributed by atoms with E-state index in [-0.39, 0.29) is 5.60 Å². The van der Waals surface area contributed by atoms with Crippen molar-refractivity contribution < 1.29 is 5.11 Å². The van der Waals surface area contributed by atoms with Gasteiger partial charge in [-0.3, -0.25) is 0 Å². The molecule has 1 N–H and O–H groups in total. The highest BCUT2D eigenvalue weighted by Gasteiger charge is 2.39. The topological polar surface area (TPSA) is 20.2 Å². The van der Waals surface area contributed by atoms with E-state index in [2.05, 4.69) is 32.9 Å². The average Bonchev–Trinajstić information content (AvgIpc) is 2.89. The normalized spacial score (nSPS) is 17.5. The van der Waals surface area contributed by atoms with Crippen LogP contribution in [-0.4, -0.2) is 10.7 Å². The summed E-state index contributed by atoms with van der Waals surface area (Å²) in [6.45, 7) is 6.54. The molecule has 0 spiro atoms. The smallest absolute Gasteiger partial charge is 0.0650 e. The van der Waals surface area contributed by atoms with Crippen molar-refractivity contribution >= 4 is 0 Å². The fourth-order valence-corrected chi connectivity index (χ4v) is 2.59. The van der Waals surface area contributed by atoms with Gasteiger partial charge in [0.1, 0.15) is 0 Å². The molecule has 88 valence electrons. The van der Waals surface area contributed by atoms with Crippen molar-refractivity contribution in [1.29, 1.82) is 0 Å². The van der Waals surface area contributed by atoms with Gasteiger partial charge in [0.15, 0.2) is 0 Å². The van der Waals surface area contributed by atoms with Crippen molar-refractivity contribution in [1.82, 2.24) is 0 Å². The predicted octanol–water partition coefficient (Wildman–Crippen LogP) is 3.46. The van der Waals surface area contributed by atoms with Crippen LogP contribution in [0.1, 0.15) is 47.9 Å². The van der Waals surface area contributed by atoms with Crippen LogP contribution in [0.4, 0.5) is 0 Å². The first-order valence-corrected chi connectivity index (χ1v) is 6.29. The maximum atomic E-state index is 9.79. The molecule has 0 heterocycles. The van der Waals surface area contributed by atoms with E-state index >= 15 is 0 Å². The van der Waals surface area contributed by atoms with Crippen molar-refractivity contribution in [2.45, 2.75) is 58.5 Å². The molecule has 16 heavy (non-hydrogen) atoms. The van der Waals surface area contributed by atoms with Gasteiger partial charge in [0, 0.05) is 0 Å². The maximum Gasteiger partial charge on any atom is 0.0650 e. The van der Waals surface area contributed by atoms with Gasteiger partial charge in [0.05, 0.1) is 5.60 Å². The number of hydrogen-bond donors (Lipinski definition) is 1. The van der Waals surface area contributed by atoms with Crippen molar-refractivity contribution in [3.05, 3.63) is 34.4 Å². The van der Waals surface area contributed by atoms with Gasteiger partial charge in [-0.15, -0.1) is 0 Å². The average molecular weight is 218 g/mol. The Balaban J connectivity index is 1.98. The van der Waals surface area contributed by atoms with Gasteiger partial charge in [0.25, 0.3) is 0 Å². The zero-order valence-corrected chi connectivity index (χ0v) is 10.6. The molecule has 1 aromatic rings. The van der Waals surface area contributed by atoms with Crippen LogP contribution in [-0.2, 0) is 6.42 Å². The third kappa shape index (κ3) is 2.65. The molecule has 0 amide bonds. The van der Waals surface area contributed by atoms with E-state index in [1.807, 2.05) is 0 Å². The molecule has 0 saturated heterocycles. The van der Waals surface area contributed by atoms with Crippen molar-refractivity contribution in [2.24, 2.45) is 0 Å². The van der Waals surface area contributed by atoms with Crippen LogP contribution in [0.2, 0.25) is 0 Å². The summed E-state index contributed by atoms with van der Waals surface area (Å²) in [6, 6.07) is 4.52. The van der Waals surface area contributed by atoms with E-state index in [1.54, 1.807) is 0 Å². The minimum atomic E-state index is -0.285. The summed E-state index contributed by atoms with van der Waals surface area (Å²) >= 11 is 0. The molecule has 1 fully saturated rings. The molecule has 1 aromatic carbocycles. The van der Waals surface area contributed by atoms with Crippen molar-refractivity contribution in [3.8, 4) is 0 Å². The van der Waals surface area contributed by atoms with Crippen molar-refractivity contribution in [2.75, 3.05) is 0 Å². The molecule has 0 aliphatic heterocycles. The summed E-state index contributed by atoms with van der Waals surface area (Å²) in [5.41, 5.74) is 5.35. The number of hydrogen-bond acceptors (Lipinski definition) is 1. The predicted molar refractivity (Wildman–Crippen MR) is 67.8 cm³/mol. The lowest BCUT2D eigenvalue weighted by atomic mass is 9.95. The molecule has 1 heteroatoms. The van der Waals surface area contributed by atoms with Crippen LogP contribution in [0.25, 0.3) is 0 Å². The number of aryl methyl sites for hydroxylation is 3. The second-order valence-electron chi connectivity index (χ2n) is 5.46. The van der Waals surface area contributed by atoms with Gasteiger partial charge in [-0.1, -0.05) is 17.7 Å². The quantitative estimate of drug-likeness (QED) is 0.820. The zero-order valence-electron chi connectivity index (χ0n) is 10.6. The number of aliphatic hydroxyl groups is 1. The maximum absolute atomic E-state index is 9.79. The van der Waals surface area contributed by atoms with Crippen LogP contribution < -0.4 is 0 Å². The first-order chi connectivity index (χ1) is 7.50. The Bertz CT molecular complexity index is 365. The van der Waals surface area contributed by atoms with Gasteiger partial charge >= 0.3 is 0 Å². The van der Waals surface area contributed by atoms with E-state index < -0.39 is 0 Å². The van der Waals surface area contributed by atoms with Crippen LogP contribution in [0, 0.1) is 20.8 Å². The molecule has 2 rings (SSSR count). The molecular formula is C15H22O. The standard InChI is InChI=1S/C15H22O/c1-11-9-12(2)14(13(3)10-11)5-4-6-15(16)7-8-15/h9-10,16H,4-8H2,1-3H3. The summed E-state index contributed by atoms with van der Waals surface area (Å²) < 4.78 is 0. The Hall–Kier alpha value is -0.820. The highest BCUT2D eigenvalue weighted by atomic mass is 16.3. The first kappa shape index (κ1) is 11.7. The number of benzene rings is 1. The van der Waals surface area contributed by atoms with E-state index in [0.717, 1.165) is 32.1 Å². The molecule has 1 nitrogen and oxygen atoms in total. The van der Waals surface area contributed by atoms with Gasteiger partial charge in [-0.25, -0.2) is 0 Å². The fraction of sp³-hybridized carbons (Fsp3) is 0.600. The van der Waals surface area contributed by atoms with E-state index in [1.165, 1.54) is 22.3 Å². The van der Waals surface area contributed by atoms with Gasteiger partial charge in [-0.2, -0.15) is 0 Å². The van der Waals surface area contributed by atoms with Gasteiger partial charge in [-0.05, 0) is 69.6 Å². The lowest BCUT2D eigenvalue weighted by molar-refractivity contribution is 0.137. The van der Waals surface area contributed by atoms with E-state index in [4.69, 9.17) is 0 Å². The molecule has 0 unspecified atom stereocenters. The van der Waals surface area contributed by atoms with Gasteiger partial charge in [0.2, 0.25) is 0 Å². The molecule has 1 saturated carbocycles. The van der Waals surface area contributed by atoms with Crippen LogP contribution in [0.3, 0.4) is 0 Å². The Labute approximate surface area is 98.5 Å². The summed E-state index contributed by atoms with van der Waals surface area (Å²) in [6.07, 6.45) is 5.22. The largest absolute Gasteiger partial charge is 0.390 e. The Kier molecular flexibility index (Phi) is 3.07. The molecule has 1 aliphatic carbocycles. The lowest BCUT2D eigenvalue weighted by Gasteiger charge is -2.12. The SMILES string of the molecule is Cc1cc(C)c(CCCC2(O)CC2)c(C)c1. The second kappa shape index (κ2) is 4.21. The van der Waals surface area contributed by atoms with E-state index in [0.29, 0.717) is 0 Å². The lowest BCUT2D eigenvalue weighted by Crippen LogP contribution is -2.07. The highest BCUT2D eigenvalue weighted by molar-refractivity contribution is 5.37. The Morgan fingerprint density at radius 3 is 2.19 bits per heavy atom. The summed E-state index contributed by atoms with van der Waals surface area (Å²) in [5.74, 6) is 0. The highest BCUT2D eigenvalue weighted by Crippen LogP contribution is 2.39. The number of rotatable bonds is 4. The third-order valence-corrected chi connectivity index (χ3v) is 3.74. The minimum Gasteiger partial charge on any atom is -0.390 e. The monoisotopic (exact) mass is 218 g/mol. The van der Waals surface area contributed by atoms with Crippen LogP contribution in [0.15, 0.2) is 12.1 Å². The summed E-state index contributed by atoms with van der Waals surface area (Å²) in [4.78, 5) is 0. The van der Waals surface area contributed by atoms with E-state index in [9.17, 15) is 5.11 Å². The minimum absolute atomic E-state index is 0.285. The molecule has 1 aliphatic rings. The zero-order chi connectivity index (χ0) is 11.8. The molecular weight excluding hydrogens is 196 g/mol. The fourth-order valence-electron chi connectivity index (χ4n) is 2.59.